The van der Waals surface area contributed by atoms with E-state index in [1.807, 2.05) is 30.5 Å². The number of carbonyl (C=O) groups is 1. The maximum absolute atomic E-state index is 12.6. The molecule has 0 bridgehead atoms. The molecule has 26 heavy (non-hydrogen) atoms. The van der Waals surface area contributed by atoms with Crippen LogP contribution in [0.25, 0.3) is 6.08 Å². The molecule has 2 aromatic carbocycles. The normalized spacial score (nSPS) is 11.0. The van der Waals surface area contributed by atoms with Crippen LogP contribution >= 0.6 is 11.8 Å². The highest BCUT2D eigenvalue weighted by Gasteiger charge is 2.14. The van der Waals surface area contributed by atoms with Crippen LogP contribution in [-0.4, -0.2) is 25.9 Å². The van der Waals surface area contributed by atoms with E-state index in [1.54, 1.807) is 23.9 Å². The lowest BCUT2D eigenvalue weighted by Crippen LogP contribution is -2.08. The van der Waals surface area contributed by atoms with Crippen LogP contribution in [-0.2, 0) is 10.5 Å². The lowest BCUT2D eigenvalue weighted by molar-refractivity contribution is -0.111. The van der Waals surface area contributed by atoms with Crippen molar-refractivity contribution >= 4 is 29.4 Å². The molecule has 0 fully saturated rings. The second kappa shape index (κ2) is 9.82. The zero-order valence-corrected chi connectivity index (χ0v) is 15.2. The molecule has 0 atom stereocenters. The van der Waals surface area contributed by atoms with E-state index in [0.717, 1.165) is 11.3 Å². The van der Waals surface area contributed by atoms with Gasteiger partial charge in [0.2, 0.25) is 5.91 Å². The Labute approximate surface area is 155 Å². The number of benzene rings is 2. The minimum absolute atomic E-state index is 0.115. The molecule has 1 N–H and O–H groups in total. The van der Waals surface area contributed by atoms with E-state index < -0.39 is 6.61 Å². The third kappa shape index (κ3) is 5.77. The molecule has 2 rings (SSSR count). The van der Waals surface area contributed by atoms with E-state index in [9.17, 15) is 13.6 Å². The fourth-order valence-corrected chi connectivity index (χ4v) is 2.77. The highest BCUT2D eigenvalue weighted by atomic mass is 32.2. The summed E-state index contributed by atoms with van der Waals surface area (Å²) >= 11 is 1.71. The number of rotatable bonds is 8. The van der Waals surface area contributed by atoms with Crippen LogP contribution in [0.2, 0.25) is 0 Å². The molecule has 0 aliphatic heterocycles. The second-order valence-electron chi connectivity index (χ2n) is 5.21. The van der Waals surface area contributed by atoms with E-state index in [2.05, 4.69) is 10.1 Å². The van der Waals surface area contributed by atoms with Crippen LogP contribution in [0.1, 0.15) is 11.1 Å². The number of thioether (sulfide) groups is 1. The molecule has 138 valence electrons. The van der Waals surface area contributed by atoms with Gasteiger partial charge < -0.3 is 14.8 Å². The fourth-order valence-electron chi connectivity index (χ4n) is 2.24. The van der Waals surface area contributed by atoms with Gasteiger partial charge in [-0.05, 0) is 36.1 Å². The van der Waals surface area contributed by atoms with Gasteiger partial charge in [0.15, 0.2) is 11.5 Å². The molecule has 0 radical (unpaired) electrons. The summed E-state index contributed by atoms with van der Waals surface area (Å²) in [5.41, 5.74) is 2.13. The average molecular weight is 379 g/mol. The molecule has 4 nitrogen and oxygen atoms in total. The summed E-state index contributed by atoms with van der Waals surface area (Å²) in [7, 11) is 1.36. The number of alkyl halides is 2. The Morgan fingerprint density at radius 3 is 2.58 bits per heavy atom. The van der Waals surface area contributed by atoms with Gasteiger partial charge in [0.25, 0.3) is 0 Å². The maximum Gasteiger partial charge on any atom is 0.387 e. The summed E-state index contributed by atoms with van der Waals surface area (Å²) < 4.78 is 34.8. The van der Waals surface area contributed by atoms with E-state index in [-0.39, 0.29) is 17.4 Å². The molecule has 1 amide bonds. The summed E-state index contributed by atoms with van der Waals surface area (Å²) in [6, 6.07) is 12.2. The number of anilines is 1. The highest BCUT2D eigenvalue weighted by Crippen LogP contribution is 2.33. The number of methoxy groups -OCH3 is 1. The van der Waals surface area contributed by atoms with Crippen LogP contribution in [0, 0.1) is 0 Å². The van der Waals surface area contributed by atoms with Gasteiger partial charge in [-0.25, -0.2) is 0 Å². The third-order valence-corrected chi connectivity index (χ3v) is 4.00. The molecule has 0 heterocycles. The molecular weight excluding hydrogens is 360 g/mol. The van der Waals surface area contributed by atoms with Gasteiger partial charge >= 0.3 is 6.61 Å². The van der Waals surface area contributed by atoms with Gasteiger partial charge in [0.1, 0.15) is 0 Å². The van der Waals surface area contributed by atoms with Crippen molar-refractivity contribution in [2.45, 2.75) is 12.4 Å². The number of carbonyl (C=O) groups excluding carboxylic acids is 1. The summed E-state index contributed by atoms with van der Waals surface area (Å²) in [4.78, 5) is 12.1. The Kier molecular flexibility index (Phi) is 7.47. The van der Waals surface area contributed by atoms with E-state index >= 15 is 0 Å². The first-order valence-electron chi connectivity index (χ1n) is 7.72. The molecule has 0 unspecified atom stereocenters. The standard InChI is InChI=1S/C19H19F2NO3S/c1-24-16-5-3-4-14(18(16)25-19(20)21)8-11-17(23)22-15-9-6-13(7-10-15)12-26-2/h3-11,19H,12H2,1-2H3,(H,22,23)/b11-8+. The largest absolute Gasteiger partial charge is 0.493 e. The molecule has 0 aliphatic carbocycles. The SMILES string of the molecule is COc1cccc(/C=C/C(=O)Nc2ccc(CSC)cc2)c1OC(F)F. The summed E-state index contributed by atoms with van der Waals surface area (Å²) in [5.74, 6) is 0.567. The van der Waals surface area contributed by atoms with Crippen LogP contribution in [0.15, 0.2) is 48.5 Å². The Hall–Kier alpha value is -2.54. The number of nitrogens with one attached hydrogen (secondary N) is 1. The summed E-state index contributed by atoms with van der Waals surface area (Å²) in [5, 5.41) is 2.72. The number of hydrogen-bond donors (Lipinski definition) is 1. The second-order valence-corrected chi connectivity index (χ2v) is 6.08. The molecular formula is C19H19F2NO3S. The van der Waals surface area contributed by atoms with Crippen molar-refractivity contribution < 1.29 is 23.0 Å². The molecule has 0 saturated carbocycles. The van der Waals surface area contributed by atoms with E-state index in [4.69, 9.17) is 4.74 Å². The number of amides is 1. The minimum atomic E-state index is -2.99. The van der Waals surface area contributed by atoms with Crippen LogP contribution in [0.4, 0.5) is 14.5 Å². The average Bonchev–Trinajstić information content (AvgIpc) is 2.62. The Bertz CT molecular complexity index is 764. The number of hydrogen-bond acceptors (Lipinski definition) is 4. The topological polar surface area (TPSA) is 47.6 Å². The first kappa shape index (κ1) is 19.8. The zero-order chi connectivity index (χ0) is 18.9. The fraction of sp³-hybridized carbons (Fsp3) is 0.211. The van der Waals surface area contributed by atoms with Crippen molar-refractivity contribution in [3.8, 4) is 11.5 Å². The molecule has 0 aromatic heterocycles. The van der Waals surface area contributed by atoms with Crippen molar-refractivity contribution in [1.29, 1.82) is 0 Å². The predicted octanol–water partition coefficient (Wildman–Crippen LogP) is 4.81. The van der Waals surface area contributed by atoms with Crippen LogP contribution in [0.3, 0.4) is 0 Å². The first-order valence-corrected chi connectivity index (χ1v) is 9.11. The predicted molar refractivity (Wildman–Crippen MR) is 101 cm³/mol. The highest BCUT2D eigenvalue weighted by molar-refractivity contribution is 7.97. The zero-order valence-electron chi connectivity index (χ0n) is 14.4. The Morgan fingerprint density at radius 1 is 1.23 bits per heavy atom. The van der Waals surface area contributed by atoms with Gasteiger partial charge in [-0.3, -0.25) is 4.79 Å². The van der Waals surface area contributed by atoms with Crippen LogP contribution in [0.5, 0.6) is 11.5 Å². The van der Waals surface area contributed by atoms with Crippen molar-refractivity contribution in [3.63, 3.8) is 0 Å². The van der Waals surface area contributed by atoms with Crippen molar-refractivity contribution in [2.24, 2.45) is 0 Å². The Balaban J connectivity index is 2.09. The molecule has 7 heteroatoms. The smallest absolute Gasteiger partial charge is 0.387 e. The number of para-hydroxylation sites is 1. The molecule has 0 aliphatic rings. The van der Waals surface area contributed by atoms with Crippen molar-refractivity contribution in [3.05, 3.63) is 59.7 Å². The van der Waals surface area contributed by atoms with E-state index in [0.29, 0.717) is 11.3 Å². The maximum atomic E-state index is 12.6. The molecule has 0 saturated heterocycles. The molecule has 2 aromatic rings. The van der Waals surface area contributed by atoms with Gasteiger partial charge in [-0.15, -0.1) is 0 Å². The van der Waals surface area contributed by atoms with Gasteiger partial charge in [0.05, 0.1) is 7.11 Å². The molecule has 0 spiro atoms. The monoisotopic (exact) mass is 379 g/mol. The number of ether oxygens (including phenoxy) is 2. The van der Waals surface area contributed by atoms with Gasteiger partial charge in [-0.1, -0.05) is 24.3 Å². The lowest BCUT2D eigenvalue weighted by Gasteiger charge is -2.12. The summed E-state index contributed by atoms with van der Waals surface area (Å²) in [6.45, 7) is -2.99. The van der Waals surface area contributed by atoms with Crippen LogP contribution < -0.4 is 14.8 Å². The quantitative estimate of drug-likeness (QED) is 0.669. The lowest BCUT2D eigenvalue weighted by atomic mass is 10.1. The minimum Gasteiger partial charge on any atom is -0.493 e. The third-order valence-electron chi connectivity index (χ3n) is 3.38. The Morgan fingerprint density at radius 2 is 1.96 bits per heavy atom. The number of halogens is 2. The van der Waals surface area contributed by atoms with Gasteiger partial charge in [-0.2, -0.15) is 20.5 Å². The van der Waals surface area contributed by atoms with E-state index in [1.165, 1.54) is 25.3 Å². The summed E-state index contributed by atoms with van der Waals surface area (Å²) in [6.07, 6.45) is 4.67. The van der Waals surface area contributed by atoms with Gasteiger partial charge in [0, 0.05) is 23.1 Å². The van der Waals surface area contributed by atoms with Crippen molar-refractivity contribution in [1.82, 2.24) is 0 Å². The van der Waals surface area contributed by atoms with Crippen molar-refractivity contribution in [2.75, 3.05) is 18.7 Å². The first-order chi connectivity index (χ1) is 12.5.